The predicted octanol–water partition coefficient (Wildman–Crippen LogP) is 2.80. The van der Waals surface area contributed by atoms with Crippen molar-refractivity contribution in [1.29, 1.82) is 4.78 Å². The molecule has 1 saturated heterocycles. The predicted molar refractivity (Wildman–Crippen MR) is 104 cm³/mol. The Bertz CT molecular complexity index is 1090. The highest BCUT2D eigenvalue weighted by molar-refractivity contribution is 7.91. The zero-order chi connectivity index (χ0) is 21.1. The van der Waals surface area contributed by atoms with Crippen molar-refractivity contribution in [2.45, 2.75) is 42.7 Å². The van der Waals surface area contributed by atoms with Gasteiger partial charge in [0.2, 0.25) is 5.95 Å². The van der Waals surface area contributed by atoms with Crippen molar-refractivity contribution in [3.63, 3.8) is 0 Å². The maximum Gasteiger partial charge on any atom is 0.290 e. The average Bonchev–Trinajstić information content (AvgIpc) is 2.98. The lowest BCUT2D eigenvalue weighted by Crippen LogP contribution is -2.59. The van der Waals surface area contributed by atoms with Crippen molar-refractivity contribution in [3.05, 3.63) is 29.5 Å². The highest BCUT2D eigenvalue weighted by Crippen LogP contribution is 2.45. The summed E-state index contributed by atoms with van der Waals surface area (Å²) in [7, 11) is -1.69. The second-order valence-electron chi connectivity index (χ2n) is 7.57. The zero-order valence-corrected chi connectivity index (χ0v) is 17.1. The molecule has 2 aliphatic rings. The third kappa shape index (κ3) is 3.24. The van der Waals surface area contributed by atoms with Gasteiger partial charge >= 0.3 is 0 Å². The van der Waals surface area contributed by atoms with Gasteiger partial charge in [-0.25, -0.2) is 19.0 Å². The Balaban J connectivity index is 1.91. The van der Waals surface area contributed by atoms with Crippen LogP contribution in [0.15, 0.2) is 23.1 Å². The van der Waals surface area contributed by atoms with E-state index in [-0.39, 0.29) is 42.0 Å². The molecule has 2 aromatic rings. The molecule has 10 heteroatoms. The molecule has 0 radical (unpaired) electrons. The summed E-state index contributed by atoms with van der Waals surface area (Å²) in [5.41, 5.74) is 0.875. The van der Waals surface area contributed by atoms with E-state index < -0.39 is 21.8 Å². The summed E-state index contributed by atoms with van der Waals surface area (Å²) in [6, 6.07) is 4.47. The molecule has 1 aromatic carbocycles. The van der Waals surface area contributed by atoms with Crippen molar-refractivity contribution < 1.29 is 22.8 Å². The number of ether oxygens (including phenoxy) is 1. The third-order valence-corrected chi connectivity index (χ3v) is 6.73. The van der Waals surface area contributed by atoms with Crippen LogP contribution in [0.25, 0.3) is 11.3 Å². The maximum atomic E-state index is 14.5. The van der Waals surface area contributed by atoms with Crippen LogP contribution in [0.3, 0.4) is 0 Å². The van der Waals surface area contributed by atoms with Crippen LogP contribution in [0.2, 0.25) is 0 Å². The van der Waals surface area contributed by atoms with Gasteiger partial charge in [-0.1, -0.05) is 0 Å². The molecule has 0 bridgehead atoms. The van der Waals surface area contributed by atoms with E-state index in [4.69, 9.17) is 9.52 Å². The molecule has 1 aromatic heterocycles. The molecule has 0 spiro atoms. The Labute approximate surface area is 167 Å². The Morgan fingerprint density at radius 2 is 2.10 bits per heavy atom. The van der Waals surface area contributed by atoms with Crippen molar-refractivity contribution in [2.75, 3.05) is 24.8 Å². The molecule has 1 aliphatic carbocycles. The molecule has 0 amide bonds. The number of aliphatic hydroxyl groups excluding tert-OH is 1. The van der Waals surface area contributed by atoms with Crippen LogP contribution in [0.5, 0.6) is 5.75 Å². The van der Waals surface area contributed by atoms with Crippen LogP contribution in [0, 0.1) is 4.78 Å². The quantitative estimate of drug-likeness (QED) is 0.783. The number of methoxy groups -OCH3 is 1. The van der Waals surface area contributed by atoms with E-state index in [1.165, 1.54) is 19.4 Å². The van der Waals surface area contributed by atoms with Gasteiger partial charge < -0.3 is 14.7 Å². The summed E-state index contributed by atoms with van der Waals surface area (Å²) in [5, 5.41) is 9.80. The molecule has 7 nitrogen and oxygen atoms in total. The first kappa shape index (κ1) is 20.0. The van der Waals surface area contributed by atoms with Crippen molar-refractivity contribution >= 4 is 15.7 Å². The van der Waals surface area contributed by atoms with Gasteiger partial charge in [-0.3, -0.25) is 0 Å². The van der Waals surface area contributed by atoms with Crippen molar-refractivity contribution in [3.8, 4) is 17.0 Å². The largest absolute Gasteiger partial charge is 0.495 e. The Hall–Kier alpha value is -2.33. The second-order valence-corrected chi connectivity index (χ2v) is 9.70. The Morgan fingerprint density at radius 3 is 2.69 bits per heavy atom. The number of alkyl halides is 2. The topological polar surface area (TPSA) is 99.4 Å². The second kappa shape index (κ2) is 6.60. The summed E-state index contributed by atoms with van der Waals surface area (Å²) in [6.07, 6.45) is 0.496. The molecule has 1 fully saturated rings. The number of benzene rings is 1. The number of nitrogens with zero attached hydrogens (tertiary/aromatic N) is 3. The van der Waals surface area contributed by atoms with Gasteiger partial charge in [0.05, 0.1) is 39.6 Å². The molecule has 29 heavy (non-hydrogen) atoms. The van der Waals surface area contributed by atoms with Crippen LogP contribution >= 0.6 is 0 Å². The standard InChI is InChI=1S/C19H22F2N4O3S/c1-10-13(26)9-25(10)18-23-16(12-6-7-19(20,21)17(12)24-18)11-4-5-14(28-2)15(8-11)29(3,22)27/h4-5,8,10,13,22,26H,6-7,9H2,1-3H3/t10-,13+,29?/m0/s1. The smallest absolute Gasteiger partial charge is 0.290 e. The fourth-order valence-corrected chi connectivity index (χ4v) is 4.65. The summed E-state index contributed by atoms with van der Waals surface area (Å²) >= 11 is 0. The normalized spacial score (nSPS) is 24.6. The number of β-amino-alcohol motifs (C(OH)–C–C–N with tert-alkyl or cyclic N) is 1. The number of fused-ring (bicyclic) bond motifs is 1. The average molecular weight is 424 g/mol. The molecule has 2 heterocycles. The van der Waals surface area contributed by atoms with Crippen LogP contribution in [0.4, 0.5) is 14.7 Å². The molecular weight excluding hydrogens is 402 g/mol. The number of nitrogens with one attached hydrogen (secondary N) is 1. The molecule has 1 aliphatic heterocycles. The maximum absolute atomic E-state index is 14.5. The minimum atomic E-state index is -3.11. The van der Waals surface area contributed by atoms with E-state index >= 15 is 0 Å². The van der Waals surface area contributed by atoms with Crippen LogP contribution < -0.4 is 9.64 Å². The minimum absolute atomic E-state index is 0.125. The highest BCUT2D eigenvalue weighted by Gasteiger charge is 2.45. The number of aliphatic hydroxyl groups is 1. The lowest BCUT2D eigenvalue weighted by atomic mass is 10.0. The number of rotatable bonds is 4. The van der Waals surface area contributed by atoms with Gasteiger partial charge in [0, 0.05) is 30.3 Å². The van der Waals surface area contributed by atoms with Gasteiger partial charge in [0.25, 0.3) is 5.92 Å². The van der Waals surface area contributed by atoms with Gasteiger partial charge in [-0.2, -0.15) is 8.78 Å². The SMILES string of the molecule is COc1ccc(-c2nc(N3C[C@@H](O)[C@@H]3C)nc3c2CCC3(F)F)cc1S(C)(=N)=O. The van der Waals surface area contributed by atoms with Gasteiger partial charge in [-0.15, -0.1) is 0 Å². The fourth-order valence-electron chi connectivity index (χ4n) is 3.76. The van der Waals surface area contributed by atoms with E-state index in [1.54, 1.807) is 24.0 Å². The lowest BCUT2D eigenvalue weighted by molar-refractivity contribution is -0.00603. The first-order valence-electron chi connectivity index (χ1n) is 9.19. The van der Waals surface area contributed by atoms with Crippen LogP contribution in [0.1, 0.15) is 24.6 Å². The van der Waals surface area contributed by atoms with E-state index in [0.29, 0.717) is 22.6 Å². The fraction of sp³-hybridized carbons (Fsp3) is 0.474. The Morgan fingerprint density at radius 1 is 1.38 bits per heavy atom. The zero-order valence-electron chi connectivity index (χ0n) is 16.3. The number of hydrogen-bond acceptors (Lipinski definition) is 7. The summed E-state index contributed by atoms with van der Waals surface area (Å²) in [6.45, 7) is 2.05. The number of hydrogen-bond donors (Lipinski definition) is 2. The van der Waals surface area contributed by atoms with Crippen molar-refractivity contribution in [2.24, 2.45) is 0 Å². The van der Waals surface area contributed by atoms with Gasteiger partial charge in [-0.05, 0) is 31.5 Å². The molecule has 0 saturated carbocycles. The molecule has 2 N–H and O–H groups in total. The lowest BCUT2D eigenvalue weighted by Gasteiger charge is -2.43. The minimum Gasteiger partial charge on any atom is -0.495 e. The molecular formula is C19H22F2N4O3S. The molecule has 156 valence electrons. The molecule has 3 atom stereocenters. The van der Waals surface area contributed by atoms with E-state index in [0.717, 1.165) is 0 Å². The number of halogens is 2. The highest BCUT2D eigenvalue weighted by atomic mass is 32.2. The van der Waals surface area contributed by atoms with E-state index in [9.17, 15) is 18.1 Å². The molecule has 4 rings (SSSR count). The van der Waals surface area contributed by atoms with E-state index in [1.807, 2.05) is 0 Å². The molecule has 1 unspecified atom stereocenters. The van der Waals surface area contributed by atoms with Crippen LogP contribution in [-0.4, -0.2) is 51.3 Å². The van der Waals surface area contributed by atoms with Gasteiger partial charge in [0.1, 0.15) is 11.4 Å². The third-order valence-electron chi connectivity index (χ3n) is 5.58. The van der Waals surface area contributed by atoms with Gasteiger partial charge in [0.15, 0.2) is 0 Å². The first-order valence-corrected chi connectivity index (χ1v) is 11.2. The van der Waals surface area contributed by atoms with Crippen molar-refractivity contribution in [1.82, 2.24) is 9.97 Å². The van der Waals surface area contributed by atoms with E-state index in [2.05, 4.69) is 9.97 Å². The van der Waals surface area contributed by atoms with Crippen LogP contribution in [-0.2, 0) is 22.1 Å². The Kier molecular flexibility index (Phi) is 4.54. The first-order chi connectivity index (χ1) is 13.5. The number of anilines is 1. The monoisotopic (exact) mass is 424 g/mol. The summed E-state index contributed by atoms with van der Waals surface area (Å²) in [4.78, 5) is 10.5. The summed E-state index contributed by atoms with van der Waals surface area (Å²) in [5.74, 6) is -2.62. The summed E-state index contributed by atoms with van der Waals surface area (Å²) < 4.78 is 54.6. The number of aromatic nitrogens is 2.